The fraction of sp³-hybridized carbons (Fsp3) is 0.625. The molecule has 1 rings (SSSR count). The molecule has 0 radical (unpaired) electrons. The highest BCUT2D eigenvalue weighted by Crippen LogP contribution is 2.18. The van der Waals surface area contributed by atoms with Gasteiger partial charge in [0.15, 0.2) is 0 Å². The van der Waals surface area contributed by atoms with Gasteiger partial charge >= 0.3 is 0 Å². The molecular formula is C16H26O4. The molecule has 0 unspecified atom stereocenters. The predicted octanol–water partition coefficient (Wildman–Crippen LogP) is 2.87. The summed E-state index contributed by atoms with van der Waals surface area (Å²) in [6.07, 6.45) is 0. The Morgan fingerprint density at radius 3 is 1.90 bits per heavy atom. The molecule has 0 bridgehead atoms. The smallest absolute Gasteiger partial charge is 0.119 e. The van der Waals surface area contributed by atoms with Gasteiger partial charge in [0.25, 0.3) is 0 Å². The molecule has 0 fully saturated rings. The summed E-state index contributed by atoms with van der Waals surface area (Å²) in [5.74, 6) is 1.43. The molecule has 4 nitrogen and oxygen atoms in total. The number of hydrogen-bond acceptors (Lipinski definition) is 4. The van der Waals surface area contributed by atoms with Crippen molar-refractivity contribution in [1.29, 1.82) is 0 Å². The molecule has 1 aromatic carbocycles. The lowest BCUT2D eigenvalue weighted by molar-refractivity contribution is 0.0180. The van der Waals surface area contributed by atoms with Crippen molar-refractivity contribution in [3.63, 3.8) is 0 Å². The van der Waals surface area contributed by atoms with Crippen LogP contribution in [-0.2, 0) is 14.2 Å². The van der Waals surface area contributed by atoms with Gasteiger partial charge in [-0.1, -0.05) is 26.0 Å². The first-order chi connectivity index (χ1) is 9.74. The van der Waals surface area contributed by atoms with E-state index in [1.807, 2.05) is 12.1 Å². The van der Waals surface area contributed by atoms with Crippen LogP contribution in [0.1, 0.15) is 25.3 Å². The molecule has 0 heterocycles. The maximum atomic E-state index is 5.60. The molecule has 0 aliphatic rings. The zero-order valence-electron chi connectivity index (χ0n) is 12.8. The second kappa shape index (κ2) is 10.7. The van der Waals surface area contributed by atoms with Gasteiger partial charge in [-0.25, -0.2) is 0 Å². The summed E-state index contributed by atoms with van der Waals surface area (Å²) in [7, 11) is 1.66. The number of rotatable bonds is 11. The molecule has 114 valence electrons. The lowest BCUT2D eigenvalue weighted by atomic mass is 10.0. The highest BCUT2D eigenvalue weighted by Gasteiger charge is 1.99. The molecule has 0 aromatic heterocycles. The molecule has 0 N–H and O–H groups in total. The minimum Gasteiger partial charge on any atom is -0.491 e. The standard InChI is InChI=1S/C16H26O4/c1-14(2)15-4-6-16(7-5-15)20-13-12-19-11-10-18-9-8-17-3/h4-7,14H,8-13H2,1-3H3. The zero-order valence-corrected chi connectivity index (χ0v) is 12.8. The first-order valence-electron chi connectivity index (χ1n) is 7.11. The molecule has 0 aliphatic carbocycles. The van der Waals surface area contributed by atoms with Crippen LogP contribution in [0.2, 0.25) is 0 Å². The SMILES string of the molecule is COCCOCCOCCOc1ccc(C(C)C)cc1. The van der Waals surface area contributed by atoms with Crippen LogP contribution >= 0.6 is 0 Å². The summed E-state index contributed by atoms with van der Waals surface area (Å²) in [4.78, 5) is 0. The molecule has 0 aliphatic heterocycles. The van der Waals surface area contributed by atoms with E-state index in [0.717, 1.165) is 5.75 Å². The Bertz CT molecular complexity index is 335. The number of benzene rings is 1. The van der Waals surface area contributed by atoms with Crippen molar-refractivity contribution in [2.75, 3.05) is 46.8 Å². The van der Waals surface area contributed by atoms with E-state index >= 15 is 0 Å². The topological polar surface area (TPSA) is 36.9 Å². The predicted molar refractivity (Wildman–Crippen MR) is 79.5 cm³/mol. The highest BCUT2D eigenvalue weighted by atomic mass is 16.6. The molecule has 1 aromatic rings. The van der Waals surface area contributed by atoms with Gasteiger partial charge in [0.2, 0.25) is 0 Å². The Balaban J connectivity index is 2.01. The number of methoxy groups -OCH3 is 1. The fourth-order valence-electron chi connectivity index (χ4n) is 1.63. The van der Waals surface area contributed by atoms with E-state index in [4.69, 9.17) is 18.9 Å². The van der Waals surface area contributed by atoms with Gasteiger partial charge in [0.05, 0.1) is 33.0 Å². The third kappa shape index (κ3) is 7.48. The van der Waals surface area contributed by atoms with Crippen LogP contribution in [0.3, 0.4) is 0 Å². The van der Waals surface area contributed by atoms with E-state index in [1.54, 1.807) is 7.11 Å². The van der Waals surface area contributed by atoms with E-state index in [9.17, 15) is 0 Å². The molecule has 4 heteroatoms. The summed E-state index contributed by atoms with van der Waals surface area (Å²) in [5, 5.41) is 0. The maximum absolute atomic E-state index is 5.60. The largest absolute Gasteiger partial charge is 0.491 e. The molecule has 20 heavy (non-hydrogen) atoms. The monoisotopic (exact) mass is 282 g/mol. The maximum Gasteiger partial charge on any atom is 0.119 e. The minimum atomic E-state index is 0.547. The lowest BCUT2D eigenvalue weighted by Crippen LogP contribution is -2.12. The van der Waals surface area contributed by atoms with Gasteiger partial charge in [-0.3, -0.25) is 0 Å². The average Bonchev–Trinajstić information content (AvgIpc) is 2.46. The first kappa shape index (κ1) is 17.0. The van der Waals surface area contributed by atoms with Crippen molar-refractivity contribution in [1.82, 2.24) is 0 Å². The second-order valence-corrected chi connectivity index (χ2v) is 4.79. The normalized spacial score (nSPS) is 11.0. The summed E-state index contributed by atoms with van der Waals surface area (Å²) >= 11 is 0. The van der Waals surface area contributed by atoms with Crippen LogP contribution in [-0.4, -0.2) is 46.8 Å². The van der Waals surface area contributed by atoms with Crippen LogP contribution in [0.25, 0.3) is 0 Å². The number of hydrogen-bond donors (Lipinski definition) is 0. The van der Waals surface area contributed by atoms with Crippen LogP contribution in [0, 0.1) is 0 Å². The summed E-state index contributed by atoms with van der Waals surface area (Å²) in [5.41, 5.74) is 1.32. The van der Waals surface area contributed by atoms with E-state index in [1.165, 1.54) is 5.56 Å². The fourth-order valence-corrected chi connectivity index (χ4v) is 1.63. The van der Waals surface area contributed by atoms with Crippen molar-refractivity contribution >= 4 is 0 Å². The van der Waals surface area contributed by atoms with Crippen molar-refractivity contribution < 1.29 is 18.9 Å². The summed E-state index contributed by atoms with van der Waals surface area (Å²) in [6.45, 7) is 7.88. The molecule has 0 amide bonds. The summed E-state index contributed by atoms with van der Waals surface area (Å²) in [6, 6.07) is 8.21. The minimum absolute atomic E-state index is 0.547. The van der Waals surface area contributed by atoms with Crippen LogP contribution in [0.5, 0.6) is 5.75 Å². The second-order valence-electron chi connectivity index (χ2n) is 4.79. The third-order valence-electron chi connectivity index (χ3n) is 2.85. The van der Waals surface area contributed by atoms with Crippen molar-refractivity contribution in [3.05, 3.63) is 29.8 Å². The Morgan fingerprint density at radius 2 is 1.35 bits per heavy atom. The van der Waals surface area contributed by atoms with E-state index in [-0.39, 0.29) is 0 Å². The van der Waals surface area contributed by atoms with E-state index in [0.29, 0.717) is 45.6 Å². The Morgan fingerprint density at radius 1 is 0.800 bits per heavy atom. The van der Waals surface area contributed by atoms with Crippen molar-refractivity contribution in [2.45, 2.75) is 19.8 Å². The van der Waals surface area contributed by atoms with Crippen LogP contribution in [0.15, 0.2) is 24.3 Å². The molecule has 0 saturated heterocycles. The molecule has 0 atom stereocenters. The average molecular weight is 282 g/mol. The quantitative estimate of drug-likeness (QED) is 0.585. The molecule has 0 saturated carbocycles. The third-order valence-corrected chi connectivity index (χ3v) is 2.85. The van der Waals surface area contributed by atoms with Gasteiger partial charge in [-0.2, -0.15) is 0 Å². The van der Waals surface area contributed by atoms with Gasteiger partial charge in [-0.15, -0.1) is 0 Å². The highest BCUT2D eigenvalue weighted by molar-refractivity contribution is 5.28. The Hall–Kier alpha value is -1.10. The van der Waals surface area contributed by atoms with Crippen LogP contribution < -0.4 is 4.74 Å². The first-order valence-corrected chi connectivity index (χ1v) is 7.11. The zero-order chi connectivity index (χ0) is 14.6. The van der Waals surface area contributed by atoms with Crippen molar-refractivity contribution in [2.24, 2.45) is 0 Å². The van der Waals surface area contributed by atoms with Crippen LogP contribution in [0.4, 0.5) is 0 Å². The Labute approximate surface area is 122 Å². The Kier molecular flexibility index (Phi) is 9.04. The molecular weight excluding hydrogens is 256 g/mol. The van der Waals surface area contributed by atoms with Gasteiger partial charge in [0, 0.05) is 7.11 Å². The lowest BCUT2D eigenvalue weighted by Gasteiger charge is -2.09. The summed E-state index contributed by atoms with van der Waals surface area (Å²) < 4.78 is 21.2. The number of ether oxygens (including phenoxy) is 4. The van der Waals surface area contributed by atoms with Crippen molar-refractivity contribution in [3.8, 4) is 5.75 Å². The van der Waals surface area contributed by atoms with E-state index in [2.05, 4.69) is 26.0 Å². The van der Waals surface area contributed by atoms with Gasteiger partial charge in [0.1, 0.15) is 12.4 Å². The molecule has 0 spiro atoms. The van der Waals surface area contributed by atoms with Gasteiger partial charge < -0.3 is 18.9 Å². The van der Waals surface area contributed by atoms with E-state index < -0.39 is 0 Å². The van der Waals surface area contributed by atoms with Gasteiger partial charge in [-0.05, 0) is 23.6 Å².